The van der Waals surface area contributed by atoms with E-state index >= 15 is 4.39 Å². The molecule has 10 heteroatoms. The number of benzene rings is 2. The Morgan fingerprint density at radius 3 is 2.49 bits per heavy atom. The maximum Gasteiger partial charge on any atom is 0.316 e. The summed E-state index contributed by atoms with van der Waals surface area (Å²) in [6.45, 7) is 6.67. The third kappa shape index (κ3) is 6.75. The van der Waals surface area contributed by atoms with Gasteiger partial charge < -0.3 is 29.7 Å². The van der Waals surface area contributed by atoms with Gasteiger partial charge in [0.05, 0.1) is 19.2 Å². The summed E-state index contributed by atoms with van der Waals surface area (Å²) in [4.78, 5) is 31.8. The number of rotatable bonds is 9. The molecule has 4 rings (SSSR count). The Balaban J connectivity index is 1.57. The zero-order valence-electron chi connectivity index (χ0n) is 22.8. The summed E-state index contributed by atoms with van der Waals surface area (Å²) in [5.41, 5.74) is 6.02. The second-order valence-electron chi connectivity index (χ2n) is 10.3. The Bertz CT molecular complexity index is 1340. The van der Waals surface area contributed by atoms with E-state index < -0.39 is 17.6 Å². The summed E-state index contributed by atoms with van der Waals surface area (Å²) in [6, 6.07) is 9.28. The Morgan fingerprint density at radius 1 is 1.10 bits per heavy atom. The number of hydrogen-bond donors (Lipinski definition) is 1. The molecule has 2 aromatic carbocycles. The Kier molecular flexibility index (Phi) is 8.86. The molecule has 2 heterocycles. The van der Waals surface area contributed by atoms with Gasteiger partial charge in [0.15, 0.2) is 23.1 Å². The monoisotopic (exact) mass is 538 g/mol. The number of carbonyl (C=O) groups excluding carboxylic acids is 2. The number of fused-ring (bicyclic) bond motifs is 1. The van der Waals surface area contributed by atoms with Gasteiger partial charge in [-0.25, -0.2) is 4.39 Å². The summed E-state index contributed by atoms with van der Waals surface area (Å²) < 4.78 is 32.8. The SMILES string of the molecule is COc1cc2c(Oc3ccc(N(CC(C)C)C(=O)C(N)=O)cc3F)ccnc2cc1OCC1CCN(C)CC1. The lowest BCUT2D eigenvalue weighted by Gasteiger charge is -2.28. The average Bonchev–Trinajstić information content (AvgIpc) is 2.91. The van der Waals surface area contributed by atoms with Crippen molar-refractivity contribution in [1.82, 2.24) is 9.88 Å². The van der Waals surface area contributed by atoms with Crippen LogP contribution in [0.3, 0.4) is 0 Å². The number of pyridine rings is 1. The van der Waals surface area contributed by atoms with Crippen LogP contribution in [0.2, 0.25) is 0 Å². The van der Waals surface area contributed by atoms with Crippen LogP contribution in [0.1, 0.15) is 26.7 Å². The molecule has 9 nitrogen and oxygen atoms in total. The number of aromatic nitrogens is 1. The molecule has 2 amide bonds. The van der Waals surface area contributed by atoms with Crippen molar-refractivity contribution in [3.05, 3.63) is 48.4 Å². The maximum absolute atomic E-state index is 15.2. The molecule has 39 heavy (non-hydrogen) atoms. The molecule has 1 aliphatic heterocycles. The number of amides is 2. The summed E-state index contributed by atoms with van der Waals surface area (Å²) in [7, 11) is 3.69. The van der Waals surface area contributed by atoms with Crippen LogP contribution < -0.4 is 24.8 Å². The number of carbonyl (C=O) groups is 2. The maximum atomic E-state index is 15.2. The molecule has 0 aliphatic carbocycles. The molecule has 0 atom stereocenters. The highest BCUT2D eigenvalue weighted by atomic mass is 19.1. The summed E-state index contributed by atoms with van der Waals surface area (Å²) in [6.07, 6.45) is 3.74. The van der Waals surface area contributed by atoms with Crippen molar-refractivity contribution >= 4 is 28.4 Å². The first-order chi connectivity index (χ1) is 18.7. The molecule has 1 aliphatic rings. The molecular weight excluding hydrogens is 503 g/mol. The molecule has 0 unspecified atom stereocenters. The lowest BCUT2D eigenvalue weighted by molar-refractivity contribution is -0.135. The van der Waals surface area contributed by atoms with Crippen molar-refractivity contribution in [3.8, 4) is 23.0 Å². The number of hydrogen-bond acceptors (Lipinski definition) is 7. The van der Waals surface area contributed by atoms with Gasteiger partial charge in [-0.15, -0.1) is 0 Å². The van der Waals surface area contributed by atoms with Crippen LogP contribution in [-0.2, 0) is 9.59 Å². The third-order valence-corrected chi connectivity index (χ3v) is 6.75. The van der Waals surface area contributed by atoms with E-state index in [0.717, 1.165) is 32.0 Å². The lowest BCUT2D eigenvalue weighted by atomic mass is 9.98. The highest BCUT2D eigenvalue weighted by molar-refractivity contribution is 6.39. The normalized spacial score (nSPS) is 14.4. The summed E-state index contributed by atoms with van der Waals surface area (Å²) in [5, 5.41) is 0.620. The van der Waals surface area contributed by atoms with Gasteiger partial charge in [0.2, 0.25) is 0 Å². The Labute approximate surface area is 227 Å². The largest absolute Gasteiger partial charge is 0.493 e. The number of primary amides is 1. The molecule has 1 saturated heterocycles. The van der Waals surface area contributed by atoms with Gasteiger partial charge in [-0.05, 0) is 69.1 Å². The summed E-state index contributed by atoms with van der Waals surface area (Å²) >= 11 is 0. The third-order valence-electron chi connectivity index (χ3n) is 6.75. The highest BCUT2D eigenvalue weighted by Gasteiger charge is 2.23. The average molecular weight is 539 g/mol. The number of nitrogens with two attached hydrogens (primary N) is 1. The van der Waals surface area contributed by atoms with E-state index in [0.29, 0.717) is 40.7 Å². The van der Waals surface area contributed by atoms with E-state index in [1.165, 1.54) is 17.0 Å². The molecule has 0 spiro atoms. The van der Waals surface area contributed by atoms with Crippen LogP contribution in [0.4, 0.5) is 10.1 Å². The van der Waals surface area contributed by atoms with Crippen molar-refractivity contribution in [2.24, 2.45) is 17.6 Å². The number of methoxy groups -OCH3 is 1. The number of likely N-dealkylation sites (tertiary alicyclic amines) is 1. The van der Waals surface area contributed by atoms with E-state index in [-0.39, 0.29) is 23.9 Å². The number of halogens is 1. The van der Waals surface area contributed by atoms with Gasteiger partial charge in [-0.2, -0.15) is 0 Å². The van der Waals surface area contributed by atoms with E-state index in [9.17, 15) is 9.59 Å². The first-order valence-electron chi connectivity index (χ1n) is 13.0. The van der Waals surface area contributed by atoms with Crippen LogP contribution in [0.15, 0.2) is 42.6 Å². The highest BCUT2D eigenvalue weighted by Crippen LogP contribution is 2.38. The number of ether oxygens (including phenoxy) is 3. The molecule has 0 radical (unpaired) electrons. The van der Waals surface area contributed by atoms with Crippen LogP contribution in [-0.4, -0.2) is 62.1 Å². The number of piperidine rings is 1. The predicted octanol–water partition coefficient (Wildman–Crippen LogP) is 4.37. The lowest BCUT2D eigenvalue weighted by Crippen LogP contribution is -2.42. The predicted molar refractivity (Wildman–Crippen MR) is 147 cm³/mol. The molecule has 3 aromatic rings. The second-order valence-corrected chi connectivity index (χ2v) is 10.3. The van der Waals surface area contributed by atoms with Crippen molar-refractivity contribution in [3.63, 3.8) is 0 Å². The number of nitrogens with zero attached hydrogens (tertiary/aromatic N) is 3. The van der Waals surface area contributed by atoms with E-state index in [1.54, 1.807) is 31.5 Å². The zero-order chi connectivity index (χ0) is 28.1. The molecule has 1 fully saturated rings. The molecular formula is C29H35FN4O5. The van der Waals surface area contributed by atoms with Crippen molar-refractivity contribution in [2.45, 2.75) is 26.7 Å². The van der Waals surface area contributed by atoms with Crippen LogP contribution >= 0.6 is 0 Å². The standard InChI is InChI=1S/C29H35FN4O5/c1-18(2)16-34(29(36)28(31)35)20-5-6-25(22(30)13-20)39-24-7-10-32-23-15-27(26(37-4)14-21(23)24)38-17-19-8-11-33(3)12-9-19/h5-7,10,13-15,18-19H,8-9,11-12,16-17H2,1-4H3,(H2,31,35). The van der Waals surface area contributed by atoms with Crippen molar-refractivity contribution in [2.75, 3.05) is 45.3 Å². The van der Waals surface area contributed by atoms with Gasteiger partial charge in [0.25, 0.3) is 0 Å². The van der Waals surface area contributed by atoms with E-state index in [2.05, 4.69) is 16.9 Å². The molecule has 0 bridgehead atoms. The van der Waals surface area contributed by atoms with Gasteiger partial charge in [0.1, 0.15) is 5.75 Å². The summed E-state index contributed by atoms with van der Waals surface area (Å²) in [5.74, 6) is -0.766. The quantitative estimate of drug-likeness (QED) is 0.403. The van der Waals surface area contributed by atoms with Crippen LogP contribution in [0.5, 0.6) is 23.0 Å². The van der Waals surface area contributed by atoms with Gasteiger partial charge >= 0.3 is 11.8 Å². The van der Waals surface area contributed by atoms with Crippen LogP contribution in [0.25, 0.3) is 10.9 Å². The molecule has 1 aromatic heterocycles. The number of anilines is 1. The van der Waals surface area contributed by atoms with Crippen molar-refractivity contribution in [1.29, 1.82) is 0 Å². The first-order valence-corrected chi connectivity index (χ1v) is 13.0. The van der Waals surface area contributed by atoms with E-state index in [1.807, 2.05) is 13.8 Å². The fourth-order valence-corrected chi connectivity index (χ4v) is 4.59. The minimum atomic E-state index is -1.11. The Hall–Kier alpha value is -3.92. The van der Waals surface area contributed by atoms with Gasteiger partial charge in [-0.3, -0.25) is 14.6 Å². The fourth-order valence-electron chi connectivity index (χ4n) is 4.59. The van der Waals surface area contributed by atoms with E-state index in [4.69, 9.17) is 19.9 Å². The van der Waals surface area contributed by atoms with Crippen molar-refractivity contribution < 1.29 is 28.2 Å². The second kappa shape index (κ2) is 12.3. The first kappa shape index (κ1) is 28.1. The topological polar surface area (TPSA) is 107 Å². The minimum absolute atomic E-state index is 0.0312. The molecule has 0 saturated carbocycles. The van der Waals surface area contributed by atoms with Gasteiger partial charge in [0, 0.05) is 35.9 Å². The fraction of sp³-hybridized carbons (Fsp3) is 0.414. The molecule has 2 N–H and O–H groups in total. The Morgan fingerprint density at radius 2 is 1.85 bits per heavy atom. The smallest absolute Gasteiger partial charge is 0.316 e. The zero-order valence-corrected chi connectivity index (χ0v) is 22.8. The van der Waals surface area contributed by atoms with Gasteiger partial charge in [-0.1, -0.05) is 13.8 Å². The molecule has 208 valence electrons. The van der Waals surface area contributed by atoms with Crippen LogP contribution in [0, 0.1) is 17.7 Å². The minimum Gasteiger partial charge on any atom is -0.493 e.